The quantitative estimate of drug-likeness (QED) is 0.400. The van der Waals surface area contributed by atoms with Gasteiger partial charge in [0.1, 0.15) is 17.7 Å². The van der Waals surface area contributed by atoms with Crippen molar-refractivity contribution in [2.24, 2.45) is 0 Å². The second kappa shape index (κ2) is 13.7. The van der Waals surface area contributed by atoms with Crippen molar-refractivity contribution in [2.75, 3.05) is 12.0 Å². The van der Waals surface area contributed by atoms with E-state index in [1.807, 2.05) is 65.1 Å². The lowest BCUT2D eigenvalue weighted by atomic mass is 9.96. The van der Waals surface area contributed by atoms with Crippen LogP contribution in [0.1, 0.15) is 85.4 Å². The number of ether oxygens (including phenoxy) is 1. The highest BCUT2D eigenvalue weighted by atomic mass is 32.2. The van der Waals surface area contributed by atoms with Gasteiger partial charge in [-0.25, -0.2) is 4.79 Å². The highest BCUT2D eigenvalue weighted by molar-refractivity contribution is 7.98. The molecule has 0 heterocycles. The second-order valence-electron chi connectivity index (χ2n) is 11.0. The number of rotatable bonds is 11. The molecule has 3 amide bonds. The minimum Gasteiger partial charge on any atom is -0.444 e. The third-order valence-electron chi connectivity index (χ3n) is 5.41. The Labute approximate surface area is 221 Å². The normalized spacial score (nSPS) is 14.2. The minimum atomic E-state index is -0.885. The summed E-state index contributed by atoms with van der Waals surface area (Å²) in [6.07, 6.45) is 4.04. The average Bonchev–Trinajstić information content (AvgIpc) is 2.76. The van der Waals surface area contributed by atoms with Gasteiger partial charge in [0.05, 0.1) is 0 Å². The van der Waals surface area contributed by atoms with Crippen LogP contribution < -0.4 is 10.6 Å². The fourth-order valence-corrected chi connectivity index (χ4v) is 4.12. The van der Waals surface area contributed by atoms with Crippen molar-refractivity contribution in [1.82, 2.24) is 15.5 Å². The molecule has 7 nitrogen and oxygen atoms in total. The van der Waals surface area contributed by atoms with Crippen molar-refractivity contribution in [1.29, 1.82) is 0 Å². The molecule has 0 saturated heterocycles. The van der Waals surface area contributed by atoms with Crippen LogP contribution in [0.15, 0.2) is 30.8 Å². The van der Waals surface area contributed by atoms with Crippen molar-refractivity contribution in [3.05, 3.63) is 42.0 Å². The zero-order chi connectivity index (χ0) is 27.7. The number of carbonyl (C=O) groups is 3. The molecule has 1 aromatic rings. The topological polar surface area (TPSA) is 87.7 Å². The highest BCUT2D eigenvalue weighted by Gasteiger charge is 2.39. The Morgan fingerprint density at radius 2 is 1.81 bits per heavy atom. The van der Waals surface area contributed by atoms with Crippen LogP contribution in [0.5, 0.6) is 0 Å². The lowest BCUT2D eigenvalue weighted by Crippen LogP contribution is -2.57. The first kappa shape index (κ1) is 31.5. The fraction of sp³-hybridized carbons (Fsp3) is 0.607. The smallest absolute Gasteiger partial charge is 0.408 e. The van der Waals surface area contributed by atoms with Crippen LogP contribution in [0.2, 0.25) is 0 Å². The van der Waals surface area contributed by atoms with Crippen molar-refractivity contribution in [3.63, 3.8) is 0 Å². The first-order chi connectivity index (χ1) is 16.6. The number of thioether (sulfide) groups is 1. The van der Waals surface area contributed by atoms with Crippen LogP contribution >= 0.6 is 11.8 Å². The summed E-state index contributed by atoms with van der Waals surface area (Å²) in [6.45, 7) is 18.8. The number of amides is 3. The van der Waals surface area contributed by atoms with Gasteiger partial charge in [0.2, 0.25) is 11.8 Å². The first-order valence-corrected chi connectivity index (χ1v) is 13.9. The second-order valence-corrected chi connectivity index (χ2v) is 12.0. The molecule has 0 radical (unpaired) electrons. The van der Waals surface area contributed by atoms with Crippen molar-refractivity contribution in [3.8, 4) is 0 Å². The number of nitrogens with one attached hydrogen (secondary N) is 2. The van der Waals surface area contributed by atoms with Crippen LogP contribution in [0, 0.1) is 0 Å². The fourth-order valence-electron chi connectivity index (χ4n) is 3.65. The van der Waals surface area contributed by atoms with Gasteiger partial charge in [-0.2, -0.15) is 11.8 Å². The van der Waals surface area contributed by atoms with E-state index < -0.39 is 29.3 Å². The number of hydrogen-bond acceptors (Lipinski definition) is 5. The van der Waals surface area contributed by atoms with Crippen molar-refractivity contribution < 1.29 is 19.1 Å². The molecule has 0 bridgehead atoms. The van der Waals surface area contributed by atoms with Crippen molar-refractivity contribution in [2.45, 2.75) is 97.5 Å². The van der Waals surface area contributed by atoms with Gasteiger partial charge in [-0.15, -0.1) is 0 Å². The van der Waals surface area contributed by atoms with E-state index in [9.17, 15) is 14.4 Å². The SMILES string of the molecule is C=Cc1cccc(C(C(=O)NC(C)(C)C)N(C(=O)C(CCSC)NC(=O)OC(C)(C)C)C(C)CC)c1. The summed E-state index contributed by atoms with van der Waals surface area (Å²) in [7, 11) is 0. The Kier molecular flexibility index (Phi) is 12.0. The number of alkyl carbamates (subject to hydrolysis) is 1. The molecule has 3 atom stereocenters. The molecule has 36 heavy (non-hydrogen) atoms. The van der Waals surface area contributed by atoms with Gasteiger partial charge in [0.15, 0.2) is 0 Å². The van der Waals surface area contributed by atoms with E-state index in [2.05, 4.69) is 17.2 Å². The van der Waals surface area contributed by atoms with Gasteiger partial charge >= 0.3 is 6.09 Å². The molecular formula is C28H45N3O4S. The predicted octanol–water partition coefficient (Wildman–Crippen LogP) is 5.56. The first-order valence-electron chi connectivity index (χ1n) is 12.5. The minimum absolute atomic E-state index is 0.266. The molecule has 3 unspecified atom stereocenters. The Hall–Kier alpha value is -2.48. The van der Waals surface area contributed by atoms with Crippen LogP contribution in [0.3, 0.4) is 0 Å². The molecule has 0 aliphatic heterocycles. The number of benzene rings is 1. The van der Waals surface area contributed by atoms with Crippen LogP contribution in [-0.4, -0.2) is 58.0 Å². The molecule has 0 aromatic heterocycles. The largest absolute Gasteiger partial charge is 0.444 e. The zero-order valence-electron chi connectivity index (χ0n) is 23.4. The molecule has 1 rings (SSSR count). The maximum atomic E-state index is 14.1. The van der Waals surface area contributed by atoms with E-state index >= 15 is 0 Å². The third kappa shape index (κ3) is 10.2. The average molecular weight is 520 g/mol. The summed E-state index contributed by atoms with van der Waals surface area (Å²) in [6, 6.07) is 5.49. The van der Waals surface area contributed by atoms with Gasteiger partial charge in [-0.1, -0.05) is 37.8 Å². The van der Waals surface area contributed by atoms with Crippen LogP contribution in [-0.2, 0) is 14.3 Å². The molecule has 8 heteroatoms. The van der Waals surface area contributed by atoms with E-state index in [0.29, 0.717) is 24.2 Å². The molecule has 0 fully saturated rings. The Balaban J connectivity index is 3.58. The summed E-state index contributed by atoms with van der Waals surface area (Å²) < 4.78 is 5.44. The van der Waals surface area contributed by atoms with Gasteiger partial charge in [0, 0.05) is 11.6 Å². The van der Waals surface area contributed by atoms with E-state index in [-0.39, 0.29) is 17.9 Å². The Morgan fingerprint density at radius 1 is 1.17 bits per heavy atom. The van der Waals surface area contributed by atoms with Gasteiger partial charge in [-0.3, -0.25) is 9.59 Å². The standard InChI is InChI=1S/C28H45N3O4S/c1-11-19(3)31(25(33)22(16-17-36-10)29-26(34)35-28(7,8)9)23(24(32)30-27(4,5)6)21-15-13-14-20(12-2)18-21/h12-15,18-19,22-23H,2,11,16-17H2,1,3-10H3,(H,29,34)(H,30,32). The third-order valence-corrected chi connectivity index (χ3v) is 6.05. The van der Waals surface area contributed by atoms with Gasteiger partial charge in [0.25, 0.3) is 0 Å². The molecule has 2 N–H and O–H groups in total. The van der Waals surface area contributed by atoms with Crippen molar-refractivity contribution >= 4 is 35.7 Å². The summed E-state index contributed by atoms with van der Waals surface area (Å²) in [5.41, 5.74) is 0.336. The summed E-state index contributed by atoms with van der Waals surface area (Å²) in [4.78, 5) is 42.1. The van der Waals surface area contributed by atoms with Gasteiger partial charge < -0.3 is 20.3 Å². The molecule has 0 saturated carbocycles. The van der Waals surface area contributed by atoms with E-state index in [4.69, 9.17) is 4.74 Å². The maximum Gasteiger partial charge on any atom is 0.408 e. The zero-order valence-corrected chi connectivity index (χ0v) is 24.3. The van der Waals surface area contributed by atoms with E-state index in [0.717, 1.165) is 5.56 Å². The molecule has 202 valence electrons. The molecule has 0 spiro atoms. The van der Waals surface area contributed by atoms with Crippen LogP contribution in [0.25, 0.3) is 6.08 Å². The molecule has 0 aliphatic rings. The maximum absolute atomic E-state index is 14.1. The summed E-state index contributed by atoms with van der Waals surface area (Å²) in [5.74, 6) is 0.0614. The summed E-state index contributed by atoms with van der Waals surface area (Å²) >= 11 is 1.58. The monoisotopic (exact) mass is 519 g/mol. The number of nitrogens with zero attached hydrogens (tertiary/aromatic N) is 1. The lowest BCUT2D eigenvalue weighted by Gasteiger charge is -2.39. The van der Waals surface area contributed by atoms with Gasteiger partial charge in [-0.05, 0) is 90.5 Å². The summed E-state index contributed by atoms with van der Waals surface area (Å²) in [5, 5.41) is 5.82. The number of carbonyl (C=O) groups excluding carboxylic acids is 3. The molecule has 1 aromatic carbocycles. The Morgan fingerprint density at radius 3 is 2.31 bits per heavy atom. The predicted molar refractivity (Wildman–Crippen MR) is 150 cm³/mol. The molecule has 0 aliphatic carbocycles. The number of hydrogen-bond donors (Lipinski definition) is 2. The highest BCUT2D eigenvalue weighted by Crippen LogP contribution is 2.28. The van der Waals surface area contributed by atoms with E-state index in [1.165, 1.54) is 0 Å². The van der Waals surface area contributed by atoms with Crippen LogP contribution in [0.4, 0.5) is 4.79 Å². The lowest BCUT2D eigenvalue weighted by molar-refractivity contribution is -0.145. The molecular weight excluding hydrogens is 474 g/mol. The van der Waals surface area contributed by atoms with E-state index in [1.54, 1.807) is 43.5 Å². The Bertz CT molecular complexity index is 905.